The quantitative estimate of drug-likeness (QED) is 0.649. The normalized spacial score (nSPS) is 10.3. The van der Waals surface area contributed by atoms with E-state index in [2.05, 4.69) is 46.6 Å². The Balaban J connectivity index is 2.81. The van der Waals surface area contributed by atoms with Crippen molar-refractivity contribution in [1.82, 2.24) is 4.57 Å². The molecule has 0 aliphatic carbocycles. The molecule has 0 aromatic carbocycles. The van der Waals surface area contributed by atoms with Crippen molar-refractivity contribution in [1.29, 1.82) is 0 Å². The van der Waals surface area contributed by atoms with Crippen molar-refractivity contribution in [2.45, 2.75) is 20.4 Å². The van der Waals surface area contributed by atoms with E-state index in [1.165, 1.54) is 11.3 Å². The number of rotatable bonds is 2. The minimum absolute atomic E-state index is 1.03. The Hall–Kier alpha value is -0.240. The molecule has 0 atom stereocenters. The molecule has 1 heterocycles. The van der Waals surface area contributed by atoms with Crippen molar-refractivity contribution in [2.24, 2.45) is 0 Å². The van der Waals surface area contributed by atoms with Gasteiger partial charge in [-0.1, -0.05) is 15.9 Å². The van der Waals surface area contributed by atoms with Crippen molar-refractivity contribution in [3.05, 3.63) is 23.5 Å². The second-order valence-corrected chi connectivity index (χ2v) is 3.33. The van der Waals surface area contributed by atoms with Gasteiger partial charge in [-0.2, -0.15) is 0 Å². The van der Waals surface area contributed by atoms with E-state index in [9.17, 15) is 0 Å². The number of halogens is 1. The molecule has 0 amide bonds. The van der Waals surface area contributed by atoms with Gasteiger partial charge in [0.05, 0.1) is 0 Å². The topological polar surface area (TPSA) is 4.93 Å². The van der Waals surface area contributed by atoms with Crippen LogP contribution in [0.5, 0.6) is 0 Å². The van der Waals surface area contributed by atoms with Gasteiger partial charge in [-0.3, -0.25) is 0 Å². The zero-order valence-electron chi connectivity index (χ0n) is 6.39. The third-order valence-electron chi connectivity index (χ3n) is 1.57. The summed E-state index contributed by atoms with van der Waals surface area (Å²) in [5.74, 6) is 0. The molecule has 1 aromatic heterocycles. The van der Waals surface area contributed by atoms with E-state index in [0.29, 0.717) is 0 Å². The molecular formula is C8H12BrN. The maximum atomic E-state index is 3.41. The number of nitrogens with zero attached hydrogens (tertiary/aromatic N) is 1. The second-order valence-electron chi connectivity index (χ2n) is 2.54. The highest BCUT2D eigenvalue weighted by molar-refractivity contribution is 9.09. The first-order valence-electron chi connectivity index (χ1n) is 3.43. The fraction of sp³-hybridized carbons (Fsp3) is 0.500. The first kappa shape index (κ1) is 7.86. The Morgan fingerprint density at radius 1 is 1.50 bits per heavy atom. The molecule has 0 saturated carbocycles. The Labute approximate surface area is 70.2 Å². The molecule has 0 saturated heterocycles. The van der Waals surface area contributed by atoms with Gasteiger partial charge in [-0.05, 0) is 25.5 Å². The van der Waals surface area contributed by atoms with Crippen LogP contribution in [0.1, 0.15) is 11.3 Å². The highest BCUT2D eigenvalue weighted by Gasteiger charge is 1.95. The average Bonchev–Trinajstić information content (AvgIpc) is 2.13. The minimum atomic E-state index is 1.03. The molecule has 0 aliphatic heterocycles. The predicted octanol–water partition coefficient (Wildman–Crippen LogP) is 2.50. The molecule has 10 heavy (non-hydrogen) atoms. The van der Waals surface area contributed by atoms with Crippen LogP contribution in [0.2, 0.25) is 0 Å². The molecule has 2 heteroatoms. The zero-order chi connectivity index (χ0) is 7.56. The standard InChI is InChI=1S/C8H12BrN/c1-7-5-8(2)10(6-7)4-3-9/h5-6H,3-4H2,1-2H3. The molecule has 0 radical (unpaired) electrons. The molecule has 0 fully saturated rings. The zero-order valence-corrected chi connectivity index (χ0v) is 7.98. The molecule has 1 aromatic rings. The lowest BCUT2D eigenvalue weighted by molar-refractivity contribution is 0.754. The van der Waals surface area contributed by atoms with Gasteiger partial charge in [-0.25, -0.2) is 0 Å². The summed E-state index contributed by atoms with van der Waals surface area (Å²) in [5, 5.41) is 1.03. The summed E-state index contributed by atoms with van der Waals surface area (Å²) in [6.45, 7) is 5.33. The van der Waals surface area contributed by atoms with E-state index >= 15 is 0 Å². The van der Waals surface area contributed by atoms with Crippen LogP contribution in [0.25, 0.3) is 0 Å². The lowest BCUT2D eigenvalue weighted by Gasteiger charge is -2.00. The van der Waals surface area contributed by atoms with Crippen LogP contribution in [-0.4, -0.2) is 9.90 Å². The van der Waals surface area contributed by atoms with E-state index in [1.54, 1.807) is 0 Å². The number of aryl methyl sites for hydroxylation is 3. The maximum Gasteiger partial charge on any atom is 0.0319 e. The monoisotopic (exact) mass is 201 g/mol. The van der Waals surface area contributed by atoms with Gasteiger partial charge in [0.2, 0.25) is 0 Å². The van der Waals surface area contributed by atoms with Crippen LogP contribution in [0, 0.1) is 13.8 Å². The first-order valence-corrected chi connectivity index (χ1v) is 4.55. The van der Waals surface area contributed by atoms with Gasteiger partial charge in [0.1, 0.15) is 0 Å². The summed E-state index contributed by atoms with van der Waals surface area (Å²) < 4.78 is 2.25. The number of hydrogen-bond donors (Lipinski definition) is 0. The Morgan fingerprint density at radius 2 is 2.20 bits per heavy atom. The molecule has 56 valence electrons. The van der Waals surface area contributed by atoms with Crippen LogP contribution >= 0.6 is 15.9 Å². The smallest absolute Gasteiger partial charge is 0.0319 e. The molecular weight excluding hydrogens is 190 g/mol. The molecule has 1 nitrogen and oxygen atoms in total. The van der Waals surface area contributed by atoms with Gasteiger partial charge in [0.25, 0.3) is 0 Å². The Bertz CT molecular complexity index is 215. The largest absolute Gasteiger partial charge is 0.351 e. The van der Waals surface area contributed by atoms with Crippen LogP contribution in [0.15, 0.2) is 12.3 Å². The van der Waals surface area contributed by atoms with Gasteiger partial charge < -0.3 is 4.57 Å². The van der Waals surface area contributed by atoms with Gasteiger partial charge in [0.15, 0.2) is 0 Å². The van der Waals surface area contributed by atoms with E-state index in [0.717, 1.165) is 11.9 Å². The summed E-state index contributed by atoms with van der Waals surface area (Å²) in [6, 6.07) is 2.20. The van der Waals surface area contributed by atoms with Crippen LogP contribution < -0.4 is 0 Å². The summed E-state index contributed by atoms with van der Waals surface area (Å²) >= 11 is 3.41. The van der Waals surface area contributed by atoms with Crippen LogP contribution in [0.3, 0.4) is 0 Å². The predicted molar refractivity (Wildman–Crippen MR) is 47.7 cm³/mol. The molecule has 1 rings (SSSR count). The third kappa shape index (κ3) is 1.63. The van der Waals surface area contributed by atoms with E-state index in [-0.39, 0.29) is 0 Å². The van der Waals surface area contributed by atoms with Crippen molar-refractivity contribution in [2.75, 3.05) is 5.33 Å². The summed E-state index contributed by atoms with van der Waals surface area (Å²) in [4.78, 5) is 0. The number of aromatic nitrogens is 1. The third-order valence-corrected chi connectivity index (χ3v) is 1.93. The first-order chi connectivity index (χ1) is 4.74. The van der Waals surface area contributed by atoms with Crippen LogP contribution in [0.4, 0.5) is 0 Å². The number of alkyl halides is 1. The lowest BCUT2D eigenvalue weighted by Crippen LogP contribution is -1.98. The van der Waals surface area contributed by atoms with E-state index in [1.807, 2.05) is 0 Å². The lowest BCUT2D eigenvalue weighted by atomic mass is 10.4. The number of hydrogen-bond acceptors (Lipinski definition) is 0. The van der Waals surface area contributed by atoms with Crippen molar-refractivity contribution >= 4 is 15.9 Å². The molecule has 0 bridgehead atoms. The maximum absolute atomic E-state index is 3.41. The summed E-state index contributed by atoms with van der Waals surface area (Å²) in [7, 11) is 0. The summed E-state index contributed by atoms with van der Waals surface area (Å²) in [5.41, 5.74) is 2.69. The van der Waals surface area contributed by atoms with Crippen molar-refractivity contribution in [3.8, 4) is 0 Å². The second kappa shape index (κ2) is 3.24. The Morgan fingerprint density at radius 3 is 2.60 bits per heavy atom. The molecule has 0 spiro atoms. The van der Waals surface area contributed by atoms with Crippen LogP contribution in [-0.2, 0) is 6.54 Å². The van der Waals surface area contributed by atoms with Crippen molar-refractivity contribution in [3.63, 3.8) is 0 Å². The minimum Gasteiger partial charge on any atom is -0.351 e. The van der Waals surface area contributed by atoms with E-state index < -0.39 is 0 Å². The molecule has 0 unspecified atom stereocenters. The fourth-order valence-corrected chi connectivity index (χ4v) is 1.51. The molecule has 0 aliphatic rings. The SMILES string of the molecule is Cc1cc(C)n(CCBr)c1. The Kier molecular flexibility index (Phi) is 2.55. The molecule has 0 N–H and O–H groups in total. The average molecular weight is 202 g/mol. The highest BCUT2D eigenvalue weighted by atomic mass is 79.9. The van der Waals surface area contributed by atoms with Gasteiger partial charge >= 0.3 is 0 Å². The highest BCUT2D eigenvalue weighted by Crippen LogP contribution is 2.06. The van der Waals surface area contributed by atoms with Gasteiger partial charge in [0, 0.05) is 23.8 Å². The van der Waals surface area contributed by atoms with E-state index in [4.69, 9.17) is 0 Å². The van der Waals surface area contributed by atoms with Gasteiger partial charge in [-0.15, -0.1) is 0 Å². The van der Waals surface area contributed by atoms with Crippen molar-refractivity contribution < 1.29 is 0 Å². The fourth-order valence-electron chi connectivity index (χ4n) is 1.13. The summed E-state index contributed by atoms with van der Waals surface area (Å²) in [6.07, 6.45) is 2.18.